The van der Waals surface area contributed by atoms with Crippen molar-refractivity contribution >= 4 is 15.9 Å². The number of ether oxygens (including phenoxy) is 1. The summed E-state index contributed by atoms with van der Waals surface area (Å²) in [5.74, 6) is 0. The molecule has 0 amide bonds. The van der Waals surface area contributed by atoms with Gasteiger partial charge in [-0.2, -0.15) is 5.26 Å². The lowest BCUT2D eigenvalue weighted by atomic mass is 10.1. The van der Waals surface area contributed by atoms with E-state index in [2.05, 4.69) is 32.3 Å². The van der Waals surface area contributed by atoms with Crippen molar-refractivity contribution in [3.63, 3.8) is 0 Å². The van der Waals surface area contributed by atoms with Crippen LogP contribution < -0.4 is 5.32 Å². The maximum absolute atomic E-state index is 8.97. The Kier molecular flexibility index (Phi) is 5.26. The van der Waals surface area contributed by atoms with Crippen LogP contribution in [-0.2, 0) is 4.74 Å². The van der Waals surface area contributed by atoms with Crippen LogP contribution in [0.2, 0.25) is 0 Å². The maximum atomic E-state index is 8.97. The molecule has 1 aromatic heterocycles. The predicted octanol–water partition coefficient (Wildman–Crippen LogP) is 1.64. The first-order valence-corrected chi connectivity index (χ1v) is 5.29. The van der Waals surface area contributed by atoms with Crippen molar-refractivity contribution in [1.82, 2.24) is 10.3 Å². The largest absolute Gasteiger partial charge is 0.383 e. The normalized spacial score (nSPS) is 12.1. The van der Waals surface area contributed by atoms with E-state index in [9.17, 15) is 0 Å². The van der Waals surface area contributed by atoms with E-state index in [1.165, 1.54) is 0 Å². The summed E-state index contributed by atoms with van der Waals surface area (Å²) in [4.78, 5) is 4.01. The van der Waals surface area contributed by atoms with Crippen LogP contribution in [0.1, 0.15) is 11.6 Å². The van der Waals surface area contributed by atoms with Gasteiger partial charge in [0.2, 0.25) is 0 Å². The molecule has 0 spiro atoms. The lowest BCUT2D eigenvalue weighted by molar-refractivity contribution is 0.198. The standard InChI is InChI=1S/C10H12BrN3O/c1-15-3-2-14-10(5-12)8-4-9(11)7-13-6-8/h4,6-7,10,14H,2-3H2,1H3. The SMILES string of the molecule is COCCNC(C#N)c1cncc(Br)c1. The number of nitriles is 1. The molecule has 0 aromatic carbocycles. The second-order valence-electron chi connectivity index (χ2n) is 2.95. The van der Waals surface area contributed by atoms with Crippen LogP contribution in [0.4, 0.5) is 0 Å². The number of halogens is 1. The number of hydrogen-bond donors (Lipinski definition) is 1. The lowest BCUT2D eigenvalue weighted by Crippen LogP contribution is -2.24. The van der Waals surface area contributed by atoms with Gasteiger partial charge in [-0.3, -0.25) is 10.3 Å². The zero-order valence-electron chi connectivity index (χ0n) is 8.40. The molecule has 1 N–H and O–H groups in total. The van der Waals surface area contributed by atoms with Gasteiger partial charge in [0.05, 0.1) is 12.7 Å². The zero-order valence-corrected chi connectivity index (χ0v) is 9.99. The minimum atomic E-state index is -0.342. The summed E-state index contributed by atoms with van der Waals surface area (Å²) in [5.41, 5.74) is 0.850. The highest BCUT2D eigenvalue weighted by Gasteiger charge is 2.09. The van der Waals surface area contributed by atoms with Crippen LogP contribution in [0.5, 0.6) is 0 Å². The summed E-state index contributed by atoms with van der Waals surface area (Å²) in [6, 6.07) is 3.71. The Labute approximate surface area is 97.4 Å². The fraction of sp³-hybridized carbons (Fsp3) is 0.400. The summed E-state index contributed by atoms with van der Waals surface area (Å²) in [6.07, 6.45) is 3.37. The Hall–Kier alpha value is -0.960. The van der Waals surface area contributed by atoms with Crippen molar-refractivity contribution in [3.8, 4) is 6.07 Å². The molecule has 0 aliphatic rings. The first-order chi connectivity index (χ1) is 7.27. The molecule has 1 rings (SSSR count). The van der Waals surface area contributed by atoms with E-state index in [-0.39, 0.29) is 6.04 Å². The molecule has 1 heterocycles. The zero-order chi connectivity index (χ0) is 11.1. The van der Waals surface area contributed by atoms with Gasteiger partial charge in [0.15, 0.2) is 0 Å². The average Bonchev–Trinajstić information content (AvgIpc) is 2.24. The second-order valence-corrected chi connectivity index (χ2v) is 3.86. The summed E-state index contributed by atoms with van der Waals surface area (Å²) in [5, 5.41) is 12.0. The Morgan fingerprint density at radius 3 is 3.07 bits per heavy atom. The maximum Gasteiger partial charge on any atom is 0.122 e. The molecule has 0 aliphatic heterocycles. The minimum Gasteiger partial charge on any atom is -0.383 e. The molecule has 0 radical (unpaired) electrons. The van der Waals surface area contributed by atoms with Crippen molar-refractivity contribution in [2.24, 2.45) is 0 Å². The van der Waals surface area contributed by atoms with E-state index in [1.807, 2.05) is 6.07 Å². The molecule has 1 atom stereocenters. The molecule has 0 saturated heterocycles. The Bertz CT molecular complexity index is 351. The number of aromatic nitrogens is 1. The quantitative estimate of drug-likeness (QED) is 0.826. The first-order valence-electron chi connectivity index (χ1n) is 4.50. The topological polar surface area (TPSA) is 57.9 Å². The van der Waals surface area contributed by atoms with E-state index in [0.717, 1.165) is 10.0 Å². The molecule has 5 heteroatoms. The summed E-state index contributed by atoms with van der Waals surface area (Å²) < 4.78 is 5.77. The van der Waals surface area contributed by atoms with E-state index in [0.29, 0.717) is 13.2 Å². The molecule has 1 unspecified atom stereocenters. The third-order valence-electron chi connectivity index (χ3n) is 1.84. The van der Waals surface area contributed by atoms with E-state index < -0.39 is 0 Å². The average molecular weight is 270 g/mol. The molecule has 4 nitrogen and oxygen atoms in total. The number of methoxy groups -OCH3 is 1. The number of rotatable bonds is 5. The van der Waals surface area contributed by atoms with Gasteiger partial charge < -0.3 is 4.74 Å². The van der Waals surface area contributed by atoms with Crippen LogP contribution in [0, 0.1) is 11.3 Å². The first kappa shape index (κ1) is 12.1. The third-order valence-corrected chi connectivity index (χ3v) is 2.28. The summed E-state index contributed by atoms with van der Waals surface area (Å²) >= 11 is 3.32. The van der Waals surface area contributed by atoms with Crippen LogP contribution in [0.25, 0.3) is 0 Å². The molecule has 80 valence electrons. The van der Waals surface area contributed by atoms with Crippen LogP contribution in [0.3, 0.4) is 0 Å². The van der Waals surface area contributed by atoms with Gasteiger partial charge in [-0.05, 0) is 22.0 Å². The van der Waals surface area contributed by atoms with Crippen LogP contribution >= 0.6 is 15.9 Å². The summed E-state index contributed by atoms with van der Waals surface area (Å²) in [6.45, 7) is 1.22. The van der Waals surface area contributed by atoms with Gasteiger partial charge in [-0.15, -0.1) is 0 Å². The van der Waals surface area contributed by atoms with Gasteiger partial charge >= 0.3 is 0 Å². The van der Waals surface area contributed by atoms with Gasteiger partial charge in [0, 0.05) is 36.1 Å². The van der Waals surface area contributed by atoms with E-state index >= 15 is 0 Å². The monoisotopic (exact) mass is 269 g/mol. The van der Waals surface area contributed by atoms with Crippen LogP contribution in [0.15, 0.2) is 22.9 Å². The Morgan fingerprint density at radius 2 is 2.47 bits per heavy atom. The van der Waals surface area contributed by atoms with Crippen molar-refractivity contribution in [1.29, 1.82) is 5.26 Å². The van der Waals surface area contributed by atoms with Gasteiger partial charge in [0.1, 0.15) is 6.04 Å². The third kappa shape index (κ3) is 3.96. The Balaban J connectivity index is 2.63. The number of hydrogen-bond acceptors (Lipinski definition) is 4. The number of nitrogens with one attached hydrogen (secondary N) is 1. The predicted molar refractivity (Wildman–Crippen MR) is 60.2 cm³/mol. The van der Waals surface area contributed by atoms with E-state index in [1.54, 1.807) is 19.5 Å². The highest BCUT2D eigenvalue weighted by Crippen LogP contribution is 2.15. The molecule has 0 bridgehead atoms. The lowest BCUT2D eigenvalue weighted by Gasteiger charge is -2.10. The fourth-order valence-electron chi connectivity index (χ4n) is 1.13. The van der Waals surface area contributed by atoms with Gasteiger partial charge in [-0.25, -0.2) is 0 Å². The van der Waals surface area contributed by atoms with Crippen molar-refractivity contribution < 1.29 is 4.74 Å². The van der Waals surface area contributed by atoms with Crippen molar-refractivity contribution in [2.45, 2.75) is 6.04 Å². The second kappa shape index (κ2) is 6.51. The van der Waals surface area contributed by atoms with Crippen molar-refractivity contribution in [3.05, 3.63) is 28.5 Å². The molecular formula is C10H12BrN3O. The van der Waals surface area contributed by atoms with Crippen LogP contribution in [-0.4, -0.2) is 25.2 Å². The van der Waals surface area contributed by atoms with Gasteiger partial charge in [0.25, 0.3) is 0 Å². The van der Waals surface area contributed by atoms with E-state index in [4.69, 9.17) is 10.00 Å². The number of pyridine rings is 1. The minimum absolute atomic E-state index is 0.342. The Morgan fingerprint density at radius 1 is 1.67 bits per heavy atom. The molecule has 15 heavy (non-hydrogen) atoms. The molecule has 0 aliphatic carbocycles. The molecule has 1 aromatic rings. The summed E-state index contributed by atoms with van der Waals surface area (Å²) in [7, 11) is 1.63. The van der Waals surface area contributed by atoms with Gasteiger partial charge in [-0.1, -0.05) is 0 Å². The highest BCUT2D eigenvalue weighted by molar-refractivity contribution is 9.10. The fourth-order valence-corrected chi connectivity index (χ4v) is 1.51. The highest BCUT2D eigenvalue weighted by atomic mass is 79.9. The molecule has 0 saturated carbocycles. The smallest absolute Gasteiger partial charge is 0.122 e. The molecular weight excluding hydrogens is 258 g/mol. The van der Waals surface area contributed by atoms with Crippen molar-refractivity contribution in [2.75, 3.05) is 20.3 Å². The molecule has 0 fully saturated rings. The number of nitrogens with zero attached hydrogens (tertiary/aromatic N) is 2.